The van der Waals surface area contributed by atoms with E-state index in [0.29, 0.717) is 83.6 Å². The number of benzene rings is 1. The molecule has 3 heterocycles. The molecule has 1 atom stereocenters. The van der Waals surface area contributed by atoms with Crippen LogP contribution in [0.2, 0.25) is 0 Å². The summed E-state index contributed by atoms with van der Waals surface area (Å²) in [5.41, 5.74) is 6.39. The topological polar surface area (TPSA) is 243 Å². The lowest BCUT2D eigenvalue weighted by Gasteiger charge is -2.34. The molecule has 2 aromatic heterocycles. The Balaban J connectivity index is 1.07. The predicted octanol–water partition coefficient (Wildman–Crippen LogP) is 0.536. The number of aromatic nitrogens is 4. The molecule has 2 amide bonds. The number of anilines is 2. The first-order valence-electron chi connectivity index (χ1n) is 19.5. The third-order valence-corrected chi connectivity index (χ3v) is 8.93. The molecule has 0 aliphatic carbocycles. The van der Waals surface area contributed by atoms with E-state index in [2.05, 4.69) is 30.2 Å². The highest BCUT2D eigenvalue weighted by atomic mass is 16.6. The van der Waals surface area contributed by atoms with Crippen LogP contribution in [0.4, 0.5) is 11.6 Å². The van der Waals surface area contributed by atoms with Gasteiger partial charge in [-0.3, -0.25) is 24.3 Å². The van der Waals surface area contributed by atoms with E-state index in [-0.39, 0.29) is 49.1 Å². The van der Waals surface area contributed by atoms with Gasteiger partial charge in [-0.25, -0.2) is 19.6 Å². The molecule has 0 radical (unpaired) electrons. The monoisotopic (exact) mass is 827 g/mol. The first-order chi connectivity index (χ1) is 28.2. The number of esters is 2. The minimum Gasteiger partial charge on any atom is -0.467 e. The number of aromatic amines is 1. The van der Waals surface area contributed by atoms with E-state index in [9.17, 15) is 24.0 Å². The van der Waals surface area contributed by atoms with Crippen molar-refractivity contribution in [3.63, 3.8) is 0 Å². The van der Waals surface area contributed by atoms with Gasteiger partial charge in [0.05, 0.1) is 71.8 Å². The number of H-pyrrole nitrogens is 1. The average molecular weight is 828 g/mol. The second-order valence-corrected chi connectivity index (χ2v) is 14.7. The molecule has 0 spiro atoms. The molecule has 20 nitrogen and oxygen atoms in total. The van der Waals surface area contributed by atoms with E-state index >= 15 is 0 Å². The summed E-state index contributed by atoms with van der Waals surface area (Å²) in [5, 5.41) is 2.71. The van der Waals surface area contributed by atoms with Gasteiger partial charge in [0.25, 0.3) is 11.5 Å². The highest BCUT2D eigenvalue weighted by Crippen LogP contribution is 2.17. The van der Waals surface area contributed by atoms with Crippen molar-refractivity contribution >= 4 is 46.6 Å². The maximum Gasteiger partial charge on any atom is 0.332 e. The van der Waals surface area contributed by atoms with Gasteiger partial charge in [-0.05, 0) is 51.5 Å². The van der Waals surface area contributed by atoms with Crippen molar-refractivity contribution < 1.29 is 47.6 Å². The summed E-state index contributed by atoms with van der Waals surface area (Å²) in [6, 6.07) is 5.72. The van der Waals surface area contributed by atoms with Gasteiger partial charge in [0.1, 0.15) is 18.2 Å². The van der Waals surface area contributed by atoms with Gasteiger partial charge in [-0.1, -0.05) is 0 Å². The number of nitrogens with two attached hydrogens (primary N) is 1. The summed E-state index contributed by atoms with van der Waals surface area (Å²) in [6.07, 6.45) is 1.66. The van der Waals surface area contributed by atoms with Crippen LogP contribution in [0.15, 0.2) is 35.3 Å². The molecule has 0 bridgehead atoms. The first-order valence-corrected chi connectivity index (χ1v) is 19.5. The molecule has 59 heavy (non-hydrogen) atoms. The smallest absolute Gasteiger partial charge is 0.332 e. The number of carbonyl (C=O) groups excluding carboxylic acids is 4. The van der Waals surface area contributed by atoms with Crippen molar-refractivity contribution in [2.45, 2.75) is 51.8 Å². The van der Waals surface area contributed by atoms with Gasteiger partial charge in [0, 0.05) is 57.4 Å². The molecule has 1 saturated heterocycles. The fourth-order valence-corrected chi connectivity index (χ4v) is 5.91. The third-order valence-electron chi connectivity index (χ3n) is 8.93. The molecule has 3 aromatic rings. The van der Waals surface area contributed by atoms with Crippen LogP contribution in [-0.4, -0.2) is 165 Å². The van der Waals surface area contributed by atoms with Crippen molar-refractivity contribution in [3.05, 3.63) is 52.1 Å². The fraction of sp³-hybridized carbons (Fsp3) is 0.590. The molecule has 4 rings (SSSR count). The Morgan fingerprint density at radius 1 is 0.915 bits per heavy atom. The molecule has 0 saturated carbocycles. The summed E-state index contributed by atoms with van der Waals surface area (Å²) in [7, 11) is 3.06. The second-order valence-electron chi connectivity index (χ2n) is 14.7. The highest BCUT2D eigenvalue weighted by molar-refractivity contribution is 5.97. The summed E-state index contributed by atoms with van der Waals surface area (Å²) in [5.74, 6) is -1.68. The lowest BCUT2D eigenvalue weighted by atomic mass is 10.1. The Hall–Kier alpha value is -5.28. The number of fused-ring (bicyclic) bond motifs is 1. The van der Waals surface area contributed by atoms with Crippen LogP contribution in [0, 0.1) is 0 Å². The number of amides is 2. The maximum absolute atomic E-state index is 13.1. The first kappa shape index (κ1) is 46.4. The van der Waals surface area contributed by atoms with Gasteiger partial charge in [0.15, 0.2) is 11.2 Å². The zero-order valence-corrected chi connectivity index (χ0v) is 34.5. The van der Waals surface area contributed by atoms with Crippen molar-refractivity contribution in [1.29, 1.82) is 0 Å². The fourth-order valence-electron chi connectivity index (χ4n) is 5.91. The van der Waals surface area contributed by atoms with E-state index in [0.717, 1.165) is 12.2 Å². The molecule has 0 unspecified atom stereocenters. The maximum atomic E-state index is 13.1. The number of methoxy groups -OCH3 is 1. The zero-order chi connectivity index (χ0) is 42.8. The number of nitrogens with one attached hydrogen (secondary N) is 2. The molecule has 1 aliphatic heterocycles. The van der Waals surface area contributed by atoms with Crippen LogP contribution in [0.1, 0.15) is 49.7 Å². The number of nitrogen functional groups attached to an aromatic ring is 1. The molecule has 1 aromatic carbocycles. The number of piperazine rings is 1. The standard InChI is InChI=1S/C39H57N9O11/c1-39(2,3)59-32(50)26-58-23-22-57-21-20-56-19-18-55-17-16-47-12-14-48(15-13-47)31(49)11-10-30(37(53)54-5)43-35(51)27-6-8-29(9-7-27)46(4)25-28-24-41-34-33(42-28)36(52)45-38(40)44-34/h6-9,24,30H,10-23,25-26H2,1-5H3,(H,43,51)(H3,40,41,44,45,52)/t30-/m0/s1. The SMILES string of the molecule is COC(=O)[C@H](CCC(=O)N1CCN(CCOCCOCCOCCOCC(=O)OC(C)(C)C)CC1)NC(=O)c1ccc(N(C)Cc2cnc3nc(N)[nH]c(=O)c3n2)cc1. The van der Waals surface area contributed by atoms with Crippen LogP contribution in [-0.2, 0) is 49.3 Å². The lowest BCUT2D eigenvalue weighted by Crippen LogP contribution is -2.50. The zero-order valence-electron chi connectivity index (χ0n) is 34.5. The van der Waals surface area contributed by atoms with Crippen LogP contribution >= 0.6 is 0 Å². The van der Waals surface area contributed by atoms with Crippen molar-refractivity contribution in [2.24, 2.45) is 0 Å². The van der Waals surface area contributed by atoms with Gasteiger partial charge < -0.3 is 49.3 Å². The van der Waals surface area contributed by atoms with E-state index in [1.165, 1.54) is 13.3 Å². The van der Waals surface area contributed by atoms with Crippen LogP contribution in [0.3, 0.4) is 0 Å². The van der Waals surface area contributed by atoms with E-state index in [1.54, 1.807) is 49.9 Å². The molecule has 20 heteroatoms. The van der Waals surface area contributed by atoms with Gasteiger partial charge in [-0.15, -0.1) is 0 Å². The molecule has 4 N–H and O–H groups in total. The normalized spacial score (nSPS) is 13.9. The molecular formula is C39H57N9O11. The van der Waals surface area contributed by atoms with Gasteiger partial charge in [0.2, 0.25) is 11.9 Å². The largest absolute Gasteiger partial charge is 0.467 e. The average Bonchev–Trinajstić information content (AvgIpc) is 3.20. The second kappa shape index (κ2) is 23.3. The van der Waals surface area contributed by atoms with Crippen molar-refractivity contribution in [2.75, 3.05) is 110 Å². The quantitative estimate of drug-likeness (QED) is 0.0872. The molecule has 1 aliphatic rings. The van der Waals surface area contributed by atoms with E-state index in [4.69, 9.17) is 34.2 Å². The minimum atomic E-state index is -1.01. The minimum absolute atomic E-state index is 0.0416. The van der Waals surface area contributed by atoms with Gasteiger partial charge >= 0.3 is 11.9 Å². The third kappa shape index (κ3) is 16.1. The number of rotatable bonds is 23. The summed E-state index contributed by atoms with van der Waals surface area (Å²) < 4.78 is 32.0. The molecular weight excluding hydrogens is 770 g/mol. The van der Waals surface area contributed by atoms with Crippen LogP contribution in [0.5, 0.6) is 0 Å². The summed E-state index contributed by atoms with van der Waals surface area (Å²) in [4.78, 5) is 83.4. The lowest BCUT2D eigenvalue weighted by molar-refractivity contribution is -0.160. The summed E-state index contributed by atoms with van der Waals surface area (Å²) in [6.45, 7) is 11.6. The Bertz CT molecular complexity index is 1880. The number of ether oxygens (including phenoxy) is 6. The van der Waals surface area contributed by atoms with E-state index < -0.39 is 35.0 Å². The molecule has 1 fully saturated rings. The predicted molar refractivity (Wildman–Crippen MR) is 216 cm³/mol. The Morgan fingerprint density at radius 3 is 2.17 bits per heavy atom. The Kier molecular flexibility index (Phi) is 18.4. The van der Waals surface area contributed by atoms with Crippen LogP contribution < -0.4 is 21.5 Å². The molecule has 324 valence electrons. The Morgan fingerprint density at radius 2 is 1.54 bits per heavy atom. The number of hydrogen-bond acceptors (Lipinski definition) is 17. The Labute approximate surface area is 343 Å². The van der Waals surface area contributed by atoms with Crippen LogP contribution in [0.25, 0.3) is 11.2 Å². The van der Waals surface area contributed by atoms with Crippen molar-refractivity contribution in [3.8, 4) is 0 Å². The van der Waals surface area contributed by atoms with Gasteiger partial charge in [-0.2, -0.15) is 4.98 Å². The van der Waals surface area contributed by atoms with Crippen molar-refractivity contribution in [1.82, 2.24) is 35.1 Å². The van der Waals surface area contributed by atoms with E-state index in [1.807, 2.05) is 11.9 Å². The highest BCUT2D eigenvalue weighted by Gasteiger charge is 2.26. The summed E-state index contributed by atoms with van der Waals surface area (Å²) >= 11 is 0. The number of nitrogens with zero attached hydrogens (tertiary/aromatic N) is 6. The number of carbonyl (C=O) groups is 4. The number of hydrogen-bond donors (Lipinski definition) is 3.